The predicted molar refractivity (Wildman–Crippen MR) is 108 cm³/mol. The molecule has 1 aromatic rings. The molecule has 0 radical (unpaired) electrons. The zero-order valence-corrected chi connectivity index (χ0v) is 17.1. The lowest BCUT2D eigenvalue weighted by atomic mass is 9.98. The first-order valence-corrected chi connectivity index (χ1v) is 10.3. The molecule has 1 saturated carbocycles. The molecule has 2 N–H and O–H groups in total. The van der Waals surface area contributed by atoms with E-state index in [1.54, 1.807) is 0 Å². The predicted octanol–water partition coefficient (Wildman–Crippen LogP) is 2.95. The molecule has 0 unspecified atom stereocenters. The molecular weight excluding hydrogens is 326 g/mol. The fourth-order valence-corrected chi connectivity index (χ4v) is 3.75. The van der Waals surface area contributed by atoms with Gasteiger partial charge in [-0.3, -0.25) is 9.67 Å². The normalized spacial score (nSPS) is 16.1. The number of aromatic nitrogens is 2. The van der Waals surface area contributed by atoms with Gasteiger partial charge in [-0.25, -0.2) is 0 Å². The first-order valence-electron chi connectivity index (χ1n) is 10.3. The summed E-state index contributed by atoms with van der Waals surface area (Å²) in [6.45, 7) is 6.81. The van der Waals surface area contributed by atoms with E-state index >= 15 is 0 Å². The molecule has 0 aliphatic heterocycles. The number of aliphatic imine (C=N–C) groups is 1. The number of guanidine groups is 1. The third kappa shape index (κ3) is 6.01. The summed E-state index contributed by atoms with van der Waals surface area (Å²) in [7, 11) is 3.85. The smallest absolute Gasteiger partial charge is 0.191 e. The van der Waals surface area contributed by atoms with E-state index in [1.165, 1.54) is 49.1 Å². The molecule has 1 aliphatic carbocycles. The van der Waals surface area contributed by atoms with Crippen molar-refractivity contribution in [1.82, 2.24) is 20.4 Å². The van der Waals surface area contributed by atoms with Crippen LogP contribution in [0.5, 0.6) is 0 Å². The van der Waals surface area contributed by atoms with Crippen LogP contribution in [-0.2, 0) is 31.2 Å². The maximum absolute atomic E-state index is 5.98. The quantitative estimate of drug-likeness (QED) is 0.402. The lowest BCUT2D eigenvalue weighted by Gasteiger charge is -2.22. The summed E-state index contributed by atoms with van der Waals surface area (Å²) in [4.78, 5) is 4.33. The van der Waals surface area contributed by atoms with Crippen molar-refractivity contribution >= 4 is 5.96 Å². The third-order valence-electron chi connectivity index (χ3n) is 5.20. The van der Waals surface area contributed by atoms with Crippen molar-refractivity contribution in [2.75, 3.05) is 20.2 Å². The second-order valence-electron chi connectivity index (χ2n) is 7.04. The minimum absolute atomic E-state index is 0.492. The molecule has 2 rings (SSSR count). The summed E-state index contributed by atoms with van der Waals surface area (Å²) in [5.74, 6) is 0.843. The van der Waals surface area contributed by atoms with Gasteiger partial charge in [0.05, 0.1) is 11.8 Å². The van der Waals surface area contributed by atoms with Gasteiger partial charge in [-0.1, -0.05) is 33.1 Å². The van der Waals surface area contributed by atoms with Crippen LogP contribution in [-0.4, -0.2) is 42.0 Å². The largest absolute Gasteiger partial charge is 0.378 e. The van der Waals surface area contributed by atoms with Crippen molar-refractivity contribution in [1.29, 1.82) is 0 Å². The van der Waals surface area contributed by atoms with E-state index in [2.05, 4.69) is 34.6 Å². The molecule has 0 aromatic carbocycles. The average Bonchev–Trinajstić information content (AvgIpc) is 2.99. The molecule has 6 nitrogen and oxygen atoms in total. The van der Waals surface area contributed by atoms with E-state index in [0.29, 0.717) is 6.10 Å². The summed E-state index contributed by atoms with van der Waals surface area (Å²) in [6.07, 6.45) is 9.94. The van der Waals surface area contributed by atoms with Crippen molar-refractivity contribution in [2.45, 2.75) is 77.9 Å². The first kappa shape index (κ1) is 20.7. The fourth-order valence-electron chi connectivity index (χ4n) is 3.75. The van der Waals surface area contributed by atoms with Crippen LogP contribution in [0.25, 0.3) is 0 Å². The Labute approximate surface area is 158 Å². The third-order valence-corrected chi connectivity index (χ3v) is 5.20. The molecular formula is C20H37N5O. The number of ether oxygens (including phenoxy) is 1. The molecule has 1 heterocycles. The monoisotopic (exact) mass is 363 g/mol. The van der Waals surface area contributed by atoms with E-state index in [9.17, 15) is 0 Å². The molecule has 0 saturated heterocycles. The molecule has 1 fully saturated rings. The lowest BCUT2D eigenvalue weighted by molar-refractivity contribution is 0.0277. The van der Waals surface area contributed by atoms with Crippen LogP contribution in [0.2, 0.25) is 0 Å². The Morgan fingerprint density at radius 3 is 2.62 bits per heavy atom. The van der Waals surface area contributed by atoms with Crippen molar-refractivity contribution in [3.05, 3.63) is 17.0 Å². The minimum atomic E-state index is 0.492. The van der Waals surface area contributed by atoms with E-state index in [1.807, 2.05) is 18.8 Å². The number of nitrogens with one attached hydrogen (secondary N) is 2. The van der Waals surface area contributed by atoms with Gasteiger partial charge in [0.1, 0.15) is 0 Å². The van der Waals surface area contributed by atoms with Gasteiger partial charge in [0.15, 0.2) is 5.96 Å². The van der Waals surface area contributed by atoms with Gasteiger partial charge in [0.2, 0.25) is 0 Å². The maximum atomic E-state index is 5.98. The van der Waals surface area contributed by atoms with Crippen LogP contribution in [0, 0.1) is 0 Å². The molecule has 0 spiro atoms. The number of hydrogen-bond donors (Lipinski definition) is 2. The van der Waals surface area contributed by atoms with Gasteiger partial charge in [-0.2, -0.15) is 5.10 Å². The van der Waals surface area contributed by atoms with Gasteiger partial charge in [-0.15, -0.1) is 0 Å². The topological polar surface area (TPSA) is 63.5 Å². The number of rotatable bonds is 9. The van der Waals surface area contributed by atoms with Crippen LogP contribution in [0.1, 0.15) is 69.3 Å². The van der Waals surface area contributed by atoms with Crippen molar-refractivity contribution in [2.24, 2.45) is 12.0 Å². The molecule has 0 atom stereocenters. The molecule has 26 heavy (non-hydrogen) atoms. The van der Waals surface area contributed by atoms with Crippen molar-refractivity contribution in [3.63, 3.8) is 0 Å². The van der Waals surface area contributed by atoms with Crippen LogP contribution in [0.4, 0.5) is 0 Å². The van der Waals surface area contributed by atoms with Gasteiger partial charge < -0.3 is 15.4 Å². The Morgan fingerprint density at radius 2 is 1.96 bits per heavy atom. The average molecular weight is 364 g/mol. The SMILES string of the molecule is CCc1nn(C)c(CC)c1CNC(=NC)NCCCOC1CCCCC1. The zero-order chi connectivity index (χ0) is 18.8. The van der Waals surface area contributed by atoms with E-state index < -0.39 is 0 Å². The maximum Gasteiger partial charge on any atom is 0.191 e. The van der Waals surface area contributed by atoms with Crippen LogP contribution in [0.3, 0.4) is 0 Å². The Hall–Kier alpha value is -1.56. The number of hydrogen-bond acceptors (Lipinski definition) is 3. The lowest BCUT2D eigenvalue weighted by Crippen LogP contribution is -2.38. The van der Waals surface area contributed by atoms with Gasteiger partial charge in [-0.05, 0) is 32.1 Å². The second kappa shape index (κ2) is 11.2. The Kier molecular flexibility index (Phi) is 8.95. The second-order valence-corrected chi connectivity index (χ2v) is 7.04. The summed E-state index contributed by atoms with van der Waals surface area (Å²) in [5, 5.41) is 11.5. The minimum Gasteiger partial charge on any atom is -0.378 e. The molecule has 148 valence electrons. The molecule has 0 amide bonds. The summed E-state index contributed by atoms with van der Waals surface area (Å²) in [6, 6.07) is 0. The number of nitrogens with zero attached hydrogens (tertiary/aromatic N) is 3. The van der Waals surface area contributed by atoms with E-state index in [4.69, 9.17) is 4.74 Å². The van der Waals surface area contributed by atoms with Gasteiger partial charge in [0, 0.05) is 45.0 Å². The Morgan fingerprint density at radius 1 is 1.19 bits per heavy atom. The Balaban J connectivity index is 1.71. The highest BCUT2D eigenvalue weighted by molar-refractivity contribution is 5.79. The molecule has 6 heteroatoms. The first-order chi connectivity index (χ1) is 12.7. The standard InChI is InChI=1S/C20H37N5O/c1-5-18-17(19(6-2)25(4)24-18)15-23-20(21-3)22-13-10-14-26-16-11-8-7-9-12-16/h16H,5-15H2,1-4H3,(H2,21,22,23). The summed E-state index contributed by atoms with van der Waals surface area (Å²) >= 11 is 0. The molecule has 0 bridgehead atoms. The fraction of sp³-hybridized carbons (Fsp3) is 0.800. The van der Waals surface area contributed by atoms with Crippen molar-refractivity contribution in [3.8, 4) is 0 Å². The van der Waals surface area contributed by atoms with Crippen LogP contribution >= 0.6 is 0 Å². The summed E-state index contributed by atoms with van der Waals surface area (Å²) < 4.78 is 7.99. The molecule has 1 aromatic heterocycles. The van der Waals surface area contributed by atoms with Crippen molar-refractivity contribution < 1.29 is 4.74 Å². The highest BCUT2D eigenvalue weighted by Crippen LogP contribution is 2.20. The highest BCUT2D eigenvalue weighted by atomic mass is 16.5. The Bertz CT molecular complexity index is 561. The van der Waals surface area contributed by atoms with Crippen LogP contribution in [0.15, 0.2) is 4.99 Å². The van der Waals surface area contributed by atoms with Gasteiger partial charge in [0.25, 0.3) is 0 Å². The van der Waals surface area contributed by atoms with Crippen LogP contribution < -0.4 is 10.6 Å². The van der Waals surface area contributed by atoms with E-state index in [0.717, 1.165) is 44.9 Å². The van der Waals surface area contributed by atoms with Gasteiger partial charge >= 0.3 is 0 Å². The summed E-state index contributed by atoms with van der Waals surface area (Å²) in [5.41, 5.74) is 3.78. The zero-order valence-electron chi connectivity index (χ0n) is 17.1. The molecule has 1 aliphatic rings. The number of aryl methyl sites for hydroxylation is 2. The van der Waals surface area contributed by atoms with E-state index in [-0.39, 0.29) is 0 Å². The highest BCUT2D eigenvalue weighted by Gasteiger charge is 2.14.